The van der Waals surface area contributed by atoms with Gasteiger partial charge in [0.25, 0.3) is 0 Å². The van der Waals surface area contributed by atoms with E-state index in [9.17, 15) is 4.79 Å². The number of allylic oxidation sites excluding steroid dienone is 4. The zero-order valence-electron chi connectivity index (χ0n) is 12.8. The van der Waals surface area contributed by atoms with Crippen molar-refractivity contribution in [2.45, 2.75) is 53.4 Å². The van der Waals surface area contributed by atoms with E-state index in [1.807, 2.05) is 0 Å². The lowest BCUT2D eigenvalue weighted by Gasteiger charge is -2.24. The minimum atomic E-state index is -0.0407. The number of nitrogens with one attached hydrogen (secondary N) is 1. The highest BCUT2D eigenvalue weighted by molar-refractivity contribution is 5.74. The summed E-state index contributed by atoms with van der Waals surface area (Å²) in [6.07, 6.45) is 9.23. The van der Waals surface area contributed by atoms with Crippen LogP contribution >= 0.6 is 0 Å². The molecule has 1 aliphatic rings. The number of rotatable bonds is 6. The van der Waals surface area contributed by atoms with Gasteiger partial charge < -0.3 is 5.32 Å². The minimum Gasteiger partial charge on any atom is -0.330 e. The number of carbonyl (C=O) groups excluding carboxylic acids is 1. The average molecular weight is 261 g/mol. The topological polar surface area (TPSA) is 29.1 Å². The predicted molar refractivity (Wildman–Crippen MR) is 81.6 cm³/mol. The number of amides is 1. The van der Waals surface area contributed by atoms with Crippen molar-refractivity contribution in [1.82, 2.24) is 5.32 Å². The Hall–Kier alpha value is -1.31. The van der Waals surface area contributed by atoms with E-state index in [1.165, 1.54) is 25.3 Å². The van der Waals surface area contributed by atoms with Gasteiger partial charge in [-0.2, -0.15) is 0 Å². The molecule has 0 aromatic rings. The number of carbonyl (C=O) groups is 1. The second-order valence-corrected chi connectivity index (χ2v) is 5.60. The summed E-state index contributed by atoms with van der Waals surface area (Å²) in [5.74, 6) is 0.876. The van der Waals surface area contributed by atoms with Gasteiger partial charge >= 0.3 is 0 Å². The molecule has 2 nitrogen and oxygen atoms in total. The lowest BCUT2D eigenvalue weighted by atomic mass is 9.83. The van der Waals surface area contributed by atoms with Gasteiger partial charge in [0.15, 0.2) is 0 Å². The molecule has 2 unspecified atom stereocenters. The fraction of sp³-hybridized carbons (Fsp3) is 0.588. The molecule has 0 radical (unpaired) electrons. The Labute approximate surface area is 117 Å². The summed E-state index contributed by atoms with van der Waals surface area (Å²) < 4.78 is 0. The second-order valence-electron chi connectivity index (χ2n) is 5.60. The van der Waals surface area contributed by atoms with Crippen LogP contribution in [0.3, 0.4) is 0 Å². The van der Waals surface area contributed by atoms with E-state index >= 15 is 0 Å². The molecular weight excluding hydrogens is 234 g/mol. The summed E-state index contributed by atoms with van der Waals surface area (Å²) in [5, 5.41) is 2.80. The van der Waals surface area contributed by atoms with Gasteiger partial charge in [0.2, 0.25) is 5.91 Å². The third kappa shape index (κ3) is 4.70. The Balaban J connectivity index is 2.67. The van der Waals surface area contributed by atoms with Crippen molar-refractivity contribution in [1.29, 1.82) is 0 Å². The highest BCUT2D eigenvalue weighted by Gasteiger charge is 2.17. The molecule has 106 valence electrons. The largest absolute Gasteiger partial charge is 0.330 e. The van der Waals surface area contributed by atoms with Crippen LogP contribution < -0.4 is 5.32 Å². The monoisotopic (exact) mass is 261 g/mol. The lowest BCUT2D eigenvalue weighted by molar-refractivity contribution is -0.118. The Morgan fingerprint density at radius 2 is 1.89 bits per heavy atom. The van der Waals surface area contributed by atoms with Crippen molar-refractivity contribution in [2.24, 2.45) is 11.8 Å². The van der Waals surface area contributed by atoms with Crippen LogP contribution in [0.1, 0.15) is 53.4 Å². The normalized spacial score (nSPS) is 18.1. The molecule has 1 rings (SSSR count). The van der Waals surface area contributed by atoms with Crippen molar-refractivity contribution in [2.75, 3.05) is 0 Å². The van der Waals surface area contributed by atoms with Crippen LogP contribution in [0, 0.1) is 11.8 Å². The molecule has 0 spiro atoms. The van der Waals surface area contributed by atoms with Crippen molar-refractivity contribution >= 4 is 5.91 Å². The summed E-state index contributed by atoms with van der Waals surface area (Å²) in [6, 6.07) is 0. The van der Waals surface area contributed by atoms with Gasteiger partial charge in [-0.3, -0.25) is 4.79 Å². The van der Waals surface area contributed by atoms with E-state index < -0.39 is 0 Å². The number of hydrogen-bond donors (Lipinski definition) is 1. The summed E-state index contributed by atoms with van der Waals surface area (Å²) >= 11 is 0. The van der Waals surface area contributed by atoms with Gasteiger partial charge in [-0.1, -0.05) is 57.1 Å². The van der Waals surface area contributed by atoms with Crippen molar-refractivity contribution < 1.29 is 4.79 Å². The van der Waals surface area contributed by atoms with Crippen LogP contribution in [0.2, 0.25) is 0 Å². The zero-order valence-corrected chi connectivity index (χ0v) is 12.8. The third-order valence-corrected chi connectivity index (χ3v) is 3.98. The maximum atomic E-state index is 11.1. The quantitative estimate of drug-likeness (QED) is 0.756. The molecule has 0 bridgehead atoms. The molecule has 0 saturated heterocycles. The van der Waals surface area contributed by atoms with Crippen LogP contribution in [0.15, 0.2) is 35.6 Å². The summed E-state index contributed by atoms with van der Waals surface area (Å²) in [6.45, 7) is 12.1. The van der Waals surface area contributed by atoms with Gasteiger partial charge in [0.1, 0.15) is 0 Å². The van der Waals surface area contributed by atoms with Crippen molar-refractivity contribution in [3.8, 4) is 0 Å². The maximum absolute atomic E-state index is 11.1. The van der Waals surface area contributed by atoms with Crippen molar-refractivity contribution in [3.05, 3.63) is 35.6 Å². The molecule has 0 aromatic carbocycles. The smallest absolute Gasteiger partial charge is 0.220 e. The predicted octanol–water partition coefficient (Wildman–Crippen LogP) is 4.36. The standard InChI is InChI=1S/C17H27NO/c1-6-7-12(2)16-8-10-17(11-9-16)13(3)14(4)18-15(5)19/h8,10,12-13H,4,6-7,9,11H2,1-3,5H3,(H,18,19). The van der Waals surface area contributed by atoms with Gasteiger partial charge in [0, 0.05) is 18.5 Å². The van der Waals surface area contributed by atoms with Gasteiger partial charge in [0.05, 0.1) is 0 Å². The minimum absolute atomic E-state index is 0.0407. The third-order valence-electron chi connectivity index (χ3n) is 3.98. The van der Waals surface area contributed by atoms with E-state index in [0.29, 0.717) is 5.92 Å². The van der Waals surface area contributed by atoms with Crippen molar-refractivity contribution in [3.63, 3.8) is 0 Å². The van der Waals surface area contributed by atoms with Gasteiger partial charge in [-0.05, 0) is 25.2 Å². The molecule has 0 saturated carbocycles. The molecule has 1 amide bonds. The molecule has 0 aliphatic heterocycles. The summed E-state index contributed by atoms with van der Waals surface area (Å²) in [4.78, 5) is 11.1. The molecule has 1 aliphatic carbocycles. The fourth-order valence-corrected chi connectivity index (χ4v) is 2.62. The SMILES string of the molecule is C=C(NC(C)=O)C(C)C1=CC=C(C(C)CCC)CC1. The maximum Gasteiger partial charge on any atom is 0.220 e. The van der Waals surface area contributed by atoms with E-state index in [2.05, 4.69) is 44.8 Å². The van der Waals surface area contributed by atoms with Crippen LogP contribution in [0.4, 0.5) is 0 Å². The molecule has 0 fully saturated rings. The molecule has 0 aromatic heterocycles. The lowest BCUT2D eigenvalue weighted by Crippen LogP contribution is -2.24. The highest BCUT2D eigenvalue weighted by Crippen LogP contribution is 2.31. The first-order chi connectivity index (χ1) is 8.95. The van der Waals surface area contributed by atoms with Crippen LogP contribution in [0.5, 0.6) is 0 Å². The van der Waals surface area contributed by atoms with E-state index in [-0.39, 0.29) is 11.8 Å². The fourth-order valence-electron chi connectivity index (χ4n) is 2.62. The van der Waals surface area contributed by atoms with E-state index in [1.54, 1.807) is 5.57 Å². The molecular formula is C17H27NO. The molecule has 0 heterocycles. The van der Waals surface area contributed by atoms with Gasteiger partial charge in [-0.15, -0.1) is 0 Å². The number of hydrogen-bond acceptors (Lipinski definition) is 1. The van der Waals surface area contributed by atoms with E-state index in [4.69, 9.17) is 0 Å². The average Bonchev–Trinajstić information content (AvgIpc) is 2.37. The first-order valence-electron chi connectivity index (χ1n) is 7.31. The van der Waals surface area contributed by atoms with Crippen LogP contribution in [-0.2, 0) is 4.79 Å². The summed E-state index contributed by atoms with van der Waals surface area (Å²) in [5.41, 5.74) is 3.73. The second kappa shape index (κ2) is 7.32. The van der Waals surface area contributed by atoms with Gasteiger partial charge in [-0.25, -0.2) is 0 Å². The Bertz CT molecular complexity index is 403. The Kier molecular flexibility index (Phi) is 6.07. The highest BCUT2D eigenvalue weighted by atomic mass is 16.1. The molecule has 1 N–H and O–H groups in total. The first kappa shape index (κ1) is 15.7. The summed E-state index contributed by atoms with van der Waals surface area (Å²) in [7, 11) is 0. The Morgan fingerprint density at radius 3 is 2.37 bits per heavy atom. The first-order valence-corrected chi connectivity index (χ1v) is 7.31. The molecule has 19 heavy (non-hydrogen) atoms. The van der Waals surface area contributed by atoms with Crippen LogP contribution in [-0.4, -0.2) is 5.91 Å². The zero-order chi connectivity index (χ0) is 14.4. The van der Waals surface area contributed by atoms with E-state index in [0.717, 1.165) is 18.5 Å². The Morgan fingerprint density at radius 1 is 1.32 bits per heavy atom. The van der Waals surface area contributed by atoms with Crippen LogP contribution in [0.25, 0.3) is 0 Å². The molecule has 2 heteroatoms. The molecule has 2 atom stereocenters.